The summed E-state index contributed by atoms with van der Waals surface area (Å²) < 4.78 is 16.8. The Labute approximate surface area is 158 Å². The van der Waals surface area contributed by atoms with E-state index in [1.165, 1.54) is 11.3 Å². The second-order valence-electron chi connectivity index (χ2n) is 6.00. The fraction of sp³-hybridized carbons (Fsp3) is 0.100. The summed E-state index contributed by atoms with van der Waals surface area (Å²) in [6.07, 6.45) is 0. The number of aromatic nitrogens is 1. The number of ether oxygens (including phenoxy) is 2. The van der Waals surface area contributed by atoms with E-state index >= 15 is 0 Å². The number of para-hydroxylation sites is 1. The van der Waals surface area contributed by atoms with Gasteiger partial charge in [-0.3, -0.25) is 10.1 Å². The molecule has 0 saturated carbocycles. The third-order valence-corrected chi connectivity index (χ3v) is 4.96. The Morgan fingerprint density at radius 2 is 1.89 bits per heavy atom. The fourth-order valence-electron chi connectivity index (χ4n) is 2.91. The molecule has 1 aliphatic rings. The van der Waals surface area contributed by atoms with Gasteiger partial charge in [-0.15, -0.1) is 11.3 Å². The lowest BCUT2D eigenvalue weighted by Crippen LogP contribution is -2.17. The van der Waals surface area contributed by atoms with Crippen molar-refractivity contribution < 1.29 is 18.7 Å². The molecule has 0 saturated heterocycles. The molecule has 0 radical (unpaired) electrons. The molecule has 6 nitrogen and oxygen atoms in total. The lowest BCUT2D eigenvalue weighted by Gasteiger charge is -2.18. The van der Waals surface area contributed by atoms with Crippen molar-refractivity contribution in [1.29, 1.82) is 0 Å². The Kier molecular flexibility index (Phi) is 3.79. The summed E-state index contributed by atoms with van der Waals surface area (Å²) >= 11 is 1.35. The van der Waals surface area contributed by atoms with Crippen LogP contribution in [0.4, 0.5) is 5.13 Å². The van der Waals surface area contributed by atoms with E-state index in [4.69, 9.17) is 13.9 Å². The lowest BCUT2D eigenvalue weighted by atomic mass is 10.2. The van der Waals surface area contributed by atoms with Gasteiger partial charge in [0, 0.05) is 16.3 Å². The van der Waals surface area contributed by atoms with E-state index in [-0.39, 0.29) is 5.91 Å². The largest absolute Gasteiger partial charge is 0.486 e. The SMILES string of the molecule is O=C(Nc1nc(-c2cc3ccccc3o2)cs1)c1ccc2c(c1)OCCO2. The van der Waals surface area contributed by atoms with Crippen LogP contribution in [0.1, 0.15) is 10.4 Å². The van der Waals surface area contributed by atoms with Gasteiger partial charge >= 0.3 is 0 Å². The maximum absolute atomic E-state index is 12.5. The van der Waals surface area contributed by atoms with Gasteiger partial charge in [0.05, 0.1) is 0 Å². The average Bonchev–Trinajstić information content (AvgIpc) is 3.34. The molecule has 5 rings (SSSR count). The molecular formula is C20H14N2O4S. The van der Waals surface area contributed by atoms with Crippen molar-refractivity contribution in [2.24, 2.45) is 0 Å². The minimum absolute atomic E-state index is 0.252. The van der Waals surface area contributed by atoms with E-state index < -0.39 is 0 Å². The number of benzene rings is 2. The minimum atomic E-state index is -0.252. The van der Waals surface area contributed by atoms with Gasteiger partial charge < -0.3 is 13.9 Å². The van der Waals surface area contributed by atoms with Crippen molar-refractivity contribution in [2.75, 3.05) is 18.5 Å². The number of fused-ring (bicyclic) bond motifs is 2. The second kappa shape index (κ2) is 6.44. The van der Waals surface area contributed by atoms with Gasteiger partial charge in [-0.05, 0) is 30.3 Å². The van der Waals surface area contributed by atoms with Crippen molar-refractivity contribution in [3.63, 3.8) is 0 Å². The summed E-state index contributed by atoms with van der Waals surface area (Å²) in [5.41, 5.74) is 1.98. The molecule has 0 atom stereocenters. The summed E-state index contributed by atoms with van der Waals surface area (Å²) in [5.74, 6) is 1.65. The number of furan rings is 1. The predicted molar refractivity (Wildman–Crippen MR) is 103 cm³/mol. The smallest absolute Gasteiger partial charge is 0.257 e. The number of thiazole rings is 1. The van der Waals surface area contributed by atoms with Gasteiger partial charge in [-0.2, -0.15) is 0 Å². The predicted octanol–water partition coefficient (Wildman–Crippen LogP) is 4.58. The molecule has 1 amide bonds. The molecule has 7 heteroatoms. The number of nitrogens with zero attached hydrogens (tertiary/aromatic N) is 1. The van der Waals surface area contributed by atoms with Crippen LogP contribution in [0.2, 0.25) is 0 Å². The Morgan fingerprint density at radius 1 is 1.04 bits per heavy atom. The topological polar surface area (TPSA) is 73.6 Å². The first-order valence-electron chi connectivity index (χ1n) is 8.42. The molecule has 2 aromatic heterocycles. The Hall–Kier alpha value is -3.32. The first kappa shape index (κ1) is 15.9. The highest BCUT2D eigenvalue weighted by atomic mass is 32.1. The van der Waals surface area contributed by atoms with E-state index in [0.717, 1.165) is 11.0 Å². The third-order valence-electron chi connectivity index (χ3n) is 4.21. The summed E-state index contributed by atoms with van der Waals surface area (Å²) in [4.78, 5) is 17.0. The van der Waals surface area contributed by atoms with Crippen LogP contribution in [0.15, 0.2) is 58.3 Å². The molecule has 0 aliphatic carbocycles. The molecule has 1 N–H and O–H groups in total. The first-order valence-corrected chi connectivity index (χ1v) is 9.30. The van der Waals surface area contributed by atoms with Gasteiger partial charge in [0.15, 0.2) is 22.4 Å². The number of carbonyl (C=O) groups excluding carboxylic acids is 1. The first-order chi connectivity index (χ1) is 13.3. The molecule has 0 fully saturated rings. The average molecular weight is 378 g/mol. The molecule has 2 aromatic carbocycles. The number of amides is 1. The zero-order valence-corrected chi connectivity index (χ0v) is 14.9. The van der Waals surface area contributed by atoms with Crippen molar-refractivity contribution in [3.8, 4) is 23.0 Å². The molecule has 0 unspecified atom stereocenters. The Bertz CT molecular complexity index is 1110. The normalized spacial score (nSPS) is 12.9. The van der Waals surface area contributed by atoms with Crippen LogP contribution in [0, 0.1) is 0 Å². The van der Waals surface area contributed by atoms with Gasteiger partial charge in [0.25, 0.3) is 5.91 Å². The molecule has 1 aliphatic heterocycles. The lowest BCUT2D eigenvalue weighted by molar-refractivity contribution is 0.102. The molecule has 27 heavy (non-hydrogen) atoms. The zero-order chi connectivity index (χ0) is 18.2. The number of hydrogen-bond acceptors (Lipinski definition) is 6. The van der Waals surface area contributed by atoms with Crippen molar-refractivity contribution in [3.05, 3.63) is 59.5 Å². The Balaban J connectivity index is 1.36. The molecule has 134 valence electrons. The van der Waals surface area contributed by atoms with Gasteiger partial charge in [-0.1, -0.05) is 18.2 Å². The van der Waals surface area contributed by atoms with Crippen LogP contribution in [-0.4, -0.2) is 24.1 Å². The quantitative estimate of drug-likeness (QED) is 0.565. The highest BCUT2D eigenvalue weighted by molar-refractivity contribution is 7.14. The van der Waals surface area contributed by atoms with Gasteiger partial charge in [0.1, 0.15) is 24.5 Å². The summed E-state index contributed by atoms with van der Waals surface area (Å²) in [7, 11) is 0. The van der Waals surface area contributed by atoms with Crippen LogP contribution in [0.3, 0.4) is 0 Å². The van der Waals surface area contributed by atoms with Gasteiger partial charge in [0.2, 0.25) is 0 Å². The van der Waals surface area contributed by atoms with E-state index in [2.05, 4.69) is 10.3 Å². The van der Waals surface area contributed by atoms with E-state index in [1.807, 2.05) is 35.7 Å². The van der Waals surface area contributed by atoms with E-state index in [9.17, 15) is 4.79 Å². The number of carbonyl (C=O) groups is 1. The molecular weight excluding hydrogens is 364 g/mol. The summed E-state index contributed by atoms with van der Waals surface area (Å²) in [6, 6.07) is 14.8. The fourth-order valence-corrected chi connectivity index (χ4v) is 3.60. The van der Waals surface area contributed by atoms with Crippen molar-refractivity contribution in [2.45, 2.75) is 0 Å². The van der Waals surface area contributed by atoms with Crippen molar-refractivity contribution >= 4 is 33.3 Å². The maximum atomic E-state index is 12.5. The van der Waals surface area contributed by atoms with Crippen LogP contribution in [0.25, 0.3) is 22.4 Å². The number of hydrogen-bond donors (Lipinski definition) is 1. The van der Waals surface area contributed by atoms with E-state index in [0.29, 0.717) is 46.9 Å². The number of nitrogens with one attached hydrogen (secondary N) is 1. The number of anilines is 1. The standard InChI is InChI=1S/C20H14N2O4S/c23-19(13-5-6-16-18(10-13)25-8-7-24-16)22-20-21-14(11-27-20)17-9-12-3-1-2-4-15(12)26-17/h1-6,9-11H,7-8H2,(H,21,22,23). The zero-order valence-electron chi connectivity index (χ0n) is 14.1. The molecule has 0 bridgehead atoms. The molecule has 3 heterocycles. The van der Waals surface area contributed by atoms with Crippen LogP contribution >= 0.6 is 11.3 Å². The maximum Gasteiger partial charge on any atom is 0.257 e. The highest BCUT2D eigenvalue weighted by Crippen LogP contribution is 2.32. The molecule has 0 spiro atoms. The second-order valence-corrected chi connectivity index (χ2v) is 6.86. The van der Waals surface area contributed by atoms with Gasteiger partial charge in [-0.25, -0.2) is 4.98 Å². The monoisotopic (exact) mass is 378 g/mol. The minimum Gasteiger partial charge on any atom is -0.486 e. The van der Waals surface area contributed by atoms with Crippen LogP contribution < -0.4 is 14.8 Å². The number of rotatable bonds is 3. The summed E-state index contributed by atoms with van der Waals surface area (Å²) in [5, 5.41) is 6.20. The van der Waals surface area contributed by atoms with E-state index in [1.54, 1.807) is 18.2 Å². The Morgan fingerprint density at radius 3 is 2.78 bits per heavy atom. The van der Waals surface area contributed by atoms with Crippen LogP contribution in [-0.2, 0) is 0 Å². The van der Waals surface area contributed by atoms with Crippen LogP contribution in [0.5, 0.6) is 11.5 Å². The molecule has 4 aromatic rings. The van der Waals surface area contributed by atoms with Crippen molar-refractivity contribution in [1.82, 2.24) is 4.98 Å². The highest BCUT2D eigenvalue weighted by Gasteiger charge is 2.16. The third kappa shape index (κ3) is 3.02. The summed E-state index contributed by atoms with van der Waals surface area (Å²) in [6.45, 7) is 0.994.